The molecule has 1 aliphatic carbocycles. The Kier molecular flexibility index (Phi) is 6.74. The quantitative estimate of drug-likeness (QED) is 0.342. The van der Waals surface area contributed by atoms with Crippen LogP contribution in [-0.4, -0.2) is 32.2 Å². The summed E-state index contributed by atoms with van der Waals surface area (Å²) in [6, 6.07) is 12.5. The summed E-state index contributed by atoms with van der Waals surface area (Å²) in [4.78, 5) is 14.9. The van der Waals surface area contributed by atoms with E-state index in [0.717, 1.165) is 46.6 Å². The summed E-state index contributed by atoms with van der Waals surface area (Å²) < 4.78 is 2.23. The van der Waals surface area contributed by atoms with Crippen molar-refractivity contribution >= 4 is 46.5 Å². The maximum atomic E-state index is 12.6. The molecule has 1 fully saturated rings. The summed E-state index contributed by atoms with van der Waals surface area (Å²) in [6.45, 7) is 3.76. The van der Waals surface area contributed by atoms with Crippen LogP contribution in [0.2, 0.25) is 0 Å². The number of carbonyl (C=O) groups is 1. The minimum atomic E-state index is -0.0354. The minimum Gasteiger partial charge on any atom is -0.324 e. The number of nitrogens with zero attached hydrogens (tertiary/aromatic N) is 3. The highest BCUT2D eigenvalue weighted by Gasteiger charge is 2.30. The van der Waals surface area contributed by atoms with Gasteiger partial charge < -0.3 is 9.88 Å². The second-order valence-corrected chi connectivity index (χ2v) is 9.73. The molecule has 0 bridgehead atoms. The van der Waals surface area contributed by atoms with Crippen molar-refractivity contribution in [3.63, 3.8) is 0 Å². The maximum absolute atomic E-state index is 12.6. The molecule has 1 aliphatic rings. The maximum Gasteiger partial charge on any atom is 0.234 e. The Morgan fingerprint density at radius 1 is 1.24 bits per heavy atom. The molecular formula is C21H22N4OS3. The van der Waals surface area contributed by atoms with Crippen LogP contribution in [-0.2, 0) is 11.2 Å². The van der Waals surface area contributed by atoms with Crippen molar-refractivity contribution < 1.29 is 4.79 Å². The number of hydrogen-bond donors (Lipinski definition) is 1. The van der Waals surface area contributed by atoms with Crippen LogP contribution in [0.15, 0.2) is 64.5 Å². The predicted molar refractivity (Wildman–Crippen MR) is 122 cm³/mol. The van der Waals surface area contributed by atoms with Gasteiger partial charge in [-0.2, -0.15) is 0 Å². The topological polar surface area (TPSA) is 59.8 Å². The SMILES string of the molecule is C=CCSc1ccccc1NC(=O)CSc1nnc(Cc2cccs2)n1C1CC1. The number of thioether (sulfide) groups is 2. The number of rotatable bonds is 10. The molecule has 1 saturated carbocycles. The average Bonchev–Trinajstić information content (AvgIpc) is 3.28. The Morgan fingerprint density at radius 2 is 2.10 bits per heavy atom. The van der Waals surface area contributed by atoms with Crippen LogP contribution < -0.4 is 5.32 Å². The average molecular weight is 443 g/mol. The summed E-state index contributed by atoms with van der Waals surface area (Å²) in [5.41, 5.74) is 0.840. The van der Waals surface area contributed by atoms with Gasteiger partial charge in [0.25, 0.3) is 0 Å². The molecule has 2 aromatic heterocycles. The molecule has 29 heavy (non-hydrogen) atoms. The highest BCUT2D eigenvalue weighted by atomic mass is 32.2. The fourth-order valence-corrected chi connectivity index (χ4v) is 5.23. The number of para-hydroxylation sites is 1. The van der Waals surface area contributed by atoms with Gasteiger partial charge in [-0.25, -0.2) is 0 Å². The molecule has 150 valence electrons. The minimum absolute atomic E-state index is 0.0354. The van der Waals surface area contributed by atoms with Crippen molar-refractivity contribution in [1.82, 2.24) is 14.8 Å². The van der Waals surface area contributed by atoms with Crippen LogP contribution in [0, 0.1) is 0 Å². The number of thiophene rings is 1. The van der Waals surface area contributed by atoms with E-state index in [1.54, 1.807) is 23.1 Å². The lowest BCUT2D eigenvalue weighted by atomic mass is 10.3. The number of nitrogens with one attached hydrogen (secondary N) is 1. The number of amides is 1. The van der Waals surface area contributed by atoms with Crippen molar-refractivity contribution in [2.45, 2.75) is 35.4 Å². The van der Waals surface area contributed by atoms with E-state index >= 15 is 0 Å². The van der Waals surface area contributed by atoms with E-state index in [2.05, 4.69) is 44.2 Å². The molecule has 8 heteroatoms. The van der Waals surface area contributed by atoms with Crippen molar-refractivity contribution in [1.29, 1.82) is 0 Å². The van der Waals surface area contributed by atoms with Crippen LogP contribution in [0.1, 0.15) is 29.6 Å². The Bertz CT molecular complexity index is 980. The monoisotopic (exact) mass is 442 g/mol. The van der Waals surface area contributed by atoms with Crippen molar-refractivity contribution in [3.8, 4) is 0 Å². The van der Waals surface area contributed by atoms with Gasteiger partial charge in [-0.15, -0.1) is 39.9 Å². The van der Waals surface area contributed by atoms with E-state index in [-0.39, 0.29) is 5.91 Å². The van der Waals surface area contributed by atoms with Crippen molar-refractivity contribution in [2.75, 3.05) is 16.8 Å². The summed E-state index contributed by atoms with van der Waals surface area (Å²) in [6.07, 6.45) is 4.96. The molecule has 1 amide bonds. The zero-order valence-electron chi connectivity index (χ0n) is 15.9. The number of benzene rings is 1. The first-order valence-corrected chi connectivity index (χ1v) is 12.3. The molecule has 3 aromatic rings. The summed E-state index contributed by atoms with van der Waals surface area (Å²) in [5, 5.41) is 14.7. The van der Waals surface area contributed by atoms with Crippen LogP contribution in [0.4, 0.5) is 5.69 Å². The fraction of sp³-hybridized carbons (Fsp3) is 0.286. The Hall–Kier alpha value is -2.03. The number of anilines is 1. The zero-order valence-corrected chi connectivity index (χ0v) is 18.4. The second kappa shape index (κ2) is 9.65. The van der Waals surface area contributed by atoms with E-state index in [4.69, 9.17) is 0 Å². The van der Waals surface area contributed by atoms with E-state index in [9.17, 15) is 4.79 Å². The molecule has 0 radical (unpaired) electrons. The fourth-order valence-electron chi connectivity index (χ4n) is 2.96. The molecule has 5 nitrogen and oxygen atoms in total. The number of carbonyl (C=O) groups excluding carboxylic acids is 1. The second-order valence-electron chi connectivity index (χ2n) is 6.69. The number of aromatic nitrogens is 3. The van der Waals surface area contributed by atoms with Gasteiger partial charge in [0.1, 0.15) is 5.82 Å². The third-order valence-electron chi connectivity index (χ3n) is 4.41. The lowest BCUT2D eigenvalue weighted by Gasteiger charge is -2.11. The Balaban J connectivity index is 1.40. The lowest BCUT2D eigenvalue weighted by molar-refractivity contribution is -0.113. The van der Waals surface area contributed by atoms with Gasteiger partial charge in [0, 0.05) is 28.0 Å². The van der Waals surface area contributed by atoms with Gasteiger partial charge in [-0.1, -0.05) is 36.0 Å². The molecule has 4 rings (SSSR count). The summed E-state index contributed by atoms with van der Waals surface area (Å²) in [7, 11) is 0. The molecule has 1 aromatic carbocycles. The first kappa shape index (κ1) is 20.3. The van der Waals surface area contributed by atoms with Gasteiger partial charge in [0.15, 0.2) is 5.16 Å². The van der Waals surface area contributed by atoms with Crippen molar-refractivity contribution in [2.24, 2.45) is 0 Å². The van der Waals surface area contributed by atoms with Gasteiger partial charge in [0.2, 0.25) is 5.91 Å². The molecular weight excluding hydrogens is 420 g/mol. The molecule has 0 spiro atoms. The van der Waals surface area contributed by atoms with Gasteiger partial charge in [-0.3, -0.25) is 4.79 Å². The van der Waals surface area contributed by atoms with E-state index in [0.29, 0.717) is 11.8 Å². The molecule has 0 atom stereocenters. The van der Waals surface area contributed by atoms with Crippen molar-refractivity contribution in [3.05, 3.63) is 65.1 Å². The molecule has 0 unspecified atom stereocenters. The van der Waals surface area contributed by atoms with Crippen LogP contribution in [0.3, 0.4) is 0 Å². The largest absolute Gasteiger partial charge is 0.324 e. The predicted octanol–water partition coefficient (Wildman–Crippen LogP) is 5.27. The van der Waals surface area contributed by atoms with Crippen LogP contribution in [0.25, 0.3) is 0 Å². The van der Waals surface area contributed by atoms with Gasteiger partial charge in [0.05, 0.1) is 11.4 Å². The van der Waals surface area contributed by atoms with E-state index in [1.807, 2.05) is 30.3 Å². The molecule has 0 aliphatic heterocycles. The Labute approximate surface area is 183 Å². The highest BCUT2D eigenvalue weighted by molar-refractivity contribution is 8.00. The van der Waals surface area contributed by atoms with Gasteiger partial charge in [-0.05, 0) is 36.4 Å². The zero-order chi connectivity index (χ0) is 20.1. The summed E-state index contributed by atoms with van der Waals surface area (Å²) in [5.74, 6) is 2.07. The highest BCUT2D eigenvalue weighted by Crippen LogP contribution is 2.39. The molecule has 0 saturated heterocycles. The first-order chi connectivity index (χ1) is 14.2. The first-order valence-electron chi connectivity index (χ1n) is 9.46. The molecule has 1 N–H and O–H groups in total. The standard InChI is InChI=1S/C21H22N4OS3/c1-2-11-28-18-8-4-3-7-17(18)22-20(26)14-29-21-24-23-19(25(21)15-9-10-15)13-16-6-5-12-27-16/h2-8,12,15H,1,9-11,13-14H2,(H,22,26). The van der Waals surface area contributed by atoms with Crippen LogP contribution in [0.5, 0.6) is 0 Å². The lowest BCUT2D eigenvalue weighted by Crippen LogP contribution is -2.15. The smallest absolute Gasteiger partial charge is 0.234 e. The Morgan fingerprint density at radius 3 is 2.86 bits per heavy atom. The van der Waals surface area contributed by atoms with Gasteiger partial charge >= 0.3 is 0 Å². The third-order valence-corrected chi connectivity index (χ3v) is 7.30. The molecule has 2 heterocycles. The van der Waals surface area contributed by atoms with E-state index < -0.39 is 0 Å². The van der Waals surface area contributed by atoms with Crippen LogP contribution >= 0.6 is 34.9 Å². The number of hydrogen-bond acceptors (Lipinski definition) is 6. The summed E-state index contributed by atoms with van der Waals surface area (Å²) >= 11 is 4.85. The van der Waals surface area contributed by atoms with E-state index in [1.165, 1.54) is 16.6 Å². The third kappa shape index (κ3) is 5.32. The normalized spacial score (nSPS) is 13.4.